The monoisotopic (exact) mass is 352 g/mol. The molecule has 0 heterocycles. The van der Waals surface area contributed by atoms with Crippen molar-refractivity contribution in [2.24, 2.45) is 0 Å². The SMILES string of the molecule is Cc1ccc(OCC(=O)Nc2ccccc2C(=O)NC2CCCC2)cc1. The zero-order valence-corrected chi connectivity index (χ0v) is 15.0. The van der Waals surface area contributed by atoms with Gasteiger partial charge in [-0.3, -0.25) is 9.59 Å². The Bertz CT molecular complexity index is 765. The highest BCUT2D eigenvalue weighted by Gasteiger charge is 2.20. The molecule has 136 valence electrons. The number of hydrogen-bond donors (Lipinski definition) is 2. The van der Waals surface area contributed by atoms with Crippen LogP contribution in [0.3, 0.4) is 0 Å². The molecule has 0 bridgehead atoms. The second-order valence-electron chi connectivity index (χ2n) is 6.65. The molecule has 2 N–H and O–H groups in total. The second-order valence-corrected chi connectivity index (χ2v) is 6.65. The van der Waals surface area contributed by atoms with E-state index in [1.165, 1.54) is 0 Å². The summed E-state index contributed by atoms with van der Waals surface area (Å²) >= 11 is 0. The maximum absolute atomic E-state index is 12.5. The fraction of sp³-hybridized carbons (Fsp3) is 0.333. The molecule has 1 aliphatic rings. The minimum atomic E-state index is -0.299. The summed E-state index contributed by atoms with van der Waals surface area (Å²) < 4.78 is 5.49. The van der Waals surface area contributed by atoms with Crippen LogP contribution in [0.25, 0.3) is 0 Å². The van der Waals surface area contributed by atoms with Crippen molar-refractivity contribution in [3.8, 4) is 5.75 Å². The molecule has 0 radical (unpaired) electrons. The number of hydrogen-bond acceptors (Lipinski definition) is 3. The summed E-state index contributed by atoms with van der Waals surface area (Å²) in [6, 6.07) is 14.8. The lowest BCUT2D eigenvalue weighted by atomic mass is 10.1. The van der Waals surface area contributed by atoms with Crippen molar-refractivity contribution in [1.82, 2.24) is 5.32 Å². The molecule has 0 aromatic heterocycles. The van der Waals surface area contributed by atoms with Crippen molar-refractivity contribution < 1.29 is 14.3 Å². The summed E-state index contributed by atoms with van der Waals surface area (Å²) in [5.41, 5.74) is 2.10. The molecule has 26 heavy (non-hydrogen) atoms. The molecule has 5 heteroatoms. The van der Waals surface area contributed by atoms with E-state index >= 15 is 0 Å². The standard InChI is InChI=1S/C21H24N2O3/c1-15-10-12-17(13-11-15)26-14-20(24)23-19-9-5-4-8-18(19)21(25)22-16-6-2-3-7-16/h4-5,8-13,16H,2-3,6-7,14H2,1H3,(H,22,25)(H,23,24). The van der Waals surface area contributed by atoms with Gasteiger partial charge >= 0.3 is 0 Å². The minimum absolute atomic E-state index is 0.109. The summed E-state index contributed by atoms with van der Waals surface area (Å²) in [6.45, 7) is 1.88. The Morgan fingerprint density at radius 1 is 1.04 bits per heavy atom. The van der Waals surface area contributed by atoms with Crippen LogP contribution in [0, 0.1) is 6.92 Å². The first kappa shape index (κ1) is 18.0. The summed E-state index contributed by atoms with van der Waals surface area (Å²) in [4.78, 5) is 24.7. The maximum atomic E-state index is 12.5. The van der Waals surface area contributed by atoms with Crippen LogP contribution in [0.5, 0.6) is 5.75 Å². The van der Waals surface area contributed by atoms with Gasteiger partial charge in [0.05, 0.1) is 11.3 Å². The van der Waals surface area contributed by atoms with Gasteiger partial charge in [-0.15, -0.1) is 0 Å². The summed E-state index contributed by atoms with van der Waals surface area (Å²) in [6.07, 6.45) is 4.34. The molecule has 2 aromatic carbocycles. The Labute approximate surface area is 153 Å². The third-order valence-corrected chi connectivity index (χ3v) is 4.53. The van der Waals surface area contributed by atoms with Gasteiger partial charge in [-0.2, -0.15) is 0 Å². The quantitative estimate of drug-likeness (QED) is 0.833. The second kappa shape index (κ2) is 8.52. The Morgan fingerprint density at radius 3 is 2.46 bits per heavy atom. The van der Waals surface area contributed by atoms with Gasteiger partial charge in [-0.25, -0.2) is 0 Å². The first-order valence-corrected chi connectivity index (χ1v) is 9.01. The highest BCUT2D eigenvalue weighted by molar-refractivity contribution is 6.04. The predicted molar refractivity (Wildman–Crippen MR) is 101 cm³/mol. The molecular formula is C21H24N2O3. The average Bonchev–Trinajstić information content (AvgIpc) is 3.14. The number of para-hydroxylation sites is 1. The van der Waals surface area contributed by atoms with Crippen LogP contribution in [-0.4, -0.2) is 24.5 Å². The number of aryl methyl sites for hydroxylation is 1. The van der Waals surface area contributed by atoms with Gasteiger partial charge in [0.15, 0.2) is 6.61 Å². The van der Waals surface area contributed by atoms with Gasteiger partial charge in [0, 0.05) is 6.04 Å². The molecule has 1 aliphatic carbocycles. The molecule has 0 atom stereocenters. The van der Waals surface area contributed by atoms with E-state index in [2.05, 4.69) is 10.6 Å². The van der Waals surface area contributed by atoms with E-state index in [9.17, 15) is 9.59 Å². The molecule has 0 spiro atoms. The van der Waals surface area contributed by atoms with Gasteiger partial charge < -0.3 is 15.4 Å². The van der Waals surface area contributed by atoms with Gasteiger partial charge in [0.1, 0.15) is 5.75 Å². The van der Waals surface area contributed by atoms with Gasteiger partial charge in [0.2, 0.25) is 0 Å². The Kier molecular flexibility index (Phi) is 5.89. The fourth-order valence-corrected chi connectivity index (χ4v) is 3.09. The van der Waals surface area contributed by atoms with Crippen molar-refractivity contribution >= 4 is 17.5 Å². The molecule has 0 saturated heterocycles. The highest BCUT2D eigenvalue weighted by atomic mass is 16.5. The van der Waals surface area contributed by atoms with Crippen LogP contribution in [0.2, 0.25) is 0 Å². The van der Waals surface area contributed by atoms with E-state index < -0.39 is 0 Å². The van der Waals surface area contributed by atoms with Crippen LogP contribution in [0.15, 0.2) is 48.5 Å². The minimum Gasteiger partial charge on any atom is -0.484 e. The van der Waals surface area contributed by atoms with Crippen molar-refractivity contribution in [2.45, 2.75) is 38.6 Å². The average molecular weight is 352 g/mol. The molecule has 2 amide bonds. The number of ether oxygens (including phenoxy) is 1. The lowest BCUT2D eigenvalue weighted by Gasteiger charge is -2.15. The zero-order chi connectivity index (χ0) is 18.4. The molecule has 1 saturated carbocycles. The molecule has 0 unspecified atom stereocenters. The van der Waals surface area contributed by atoms with Crippen LogP contribution in [0.1, 0.15) is 41.6 Å². The van der Waals surface area contributed by atoms with Crippen molar-refractivity contribution in [3.63, 3.8) is 0 Å². The fourth-order valence-electron chi connectivity index (χ4n) is 3.09. The van der Waals surface area contributed by atoms with Crippen LogP contribution >= 0.6 is 0 Å². The first-order valence-electron chi connectivity index (χ1n) is 9.01. The predicted octanol–water partition coefficient (Wildman–Crippen LogP) is 3.68. The number of benzene rings is 2. The Morgan fingerprint density at radius 2 is 1.73 bits per heavy atom. The van der Waals surface area contributed by atoms with Gasteiger partial charge in [-0.05, 0) is 44.0 Å². The Balaban J connectivity index is 1.59. The third kappa shape index (κ3) is 4.85. The largest absolute Gasteiger partial charge is 0.484 e. The van der Waals surface area contributed by atoms with Gasteiger partial charge in [0.25, 0.3) is 11.8 Å². The number of carbonyl (C=O) groups is 2. The van der Waals surface area contributed by atoms with E-state index in [4.69, 9.17) is 4.74 Å². The molecule has 3 rings (SSSR count). The summed E-state index contributed by atoms with van der Waals surface area (Å²) in [5.74, 6) is 0.192. The maximum Gasteiger partial charge on any atom is 0.262 e. The van der Waals surface area contributed by atoms with Gasteiger partial charge in [-0.1, -0.05) is 42.7 Å². The normalized spacial score (nSPS) is 14.0. The number of anilines is 1. The van der Waals surface area contributed by atoms with E-state index in [0.29, 0.717) is 17.0 Å². The molecule has 2 aromatic rings. The number of nitrogens with one attached hydrogen (secondary N) is 2. The zero-order valence-electron chi connectivity index (χ0n) is 15.0. The van der Waals surface area contributed by atoms with E-state index in [-0.39, 0.29) is 24.5 Å². The van der Waals surface area contributed by atoms with Crippen molar-refractivity contribution in [1.29, 1.82) is 0 Å². The van der Waals surface area contributed by atoms with Crippen LogP contribution in [-0.2, 0) is 4.79 Å². The lowest BCUT2D eigenvalue weighted by molar-refractivity contribution is -0.118. The van der Waals surface area contributed by atoms with E-state index in [1.54, 1.807) is 24.3 Å². The van der Waals surface area contributed by atoms with Crippen molar-refractivity contribution in [2.75, 3.05) is 11.9 Å². The summed E-state index contributed by atoms with van der Waals surface area (Å²) in [5, 5.41) is 5.82. The molecule has 5 nitrogen and oxygen atoms in total. The van der Waals surface area contributed by atoms with Crippen molar-refractivity contribution in [3.05, 3.63) is 59.7 Å². The number of rotatable bonds is 6. The molecule has 1 fully saturated rings. The number of amides is 2. The molecule has 0 aliphatic heterocycles. The van der Waals surface area contributed by atoms with E-state index in [0.717, 1.165) is 31.2 Å². The summed E-state index contributed by atoms with van der Waals surface area (Å²) in [7, 11) is 0. The number of carbonyl (C=O) groups excluding carboxylic acids is 2. The van der Waals surface area contributed by atoms with Crippen LogP contribution in [0.4, 0.5) is 5.69 Å². The lowest BCUT2D eigenvalue weighted by Crippen LogP contribution is -2.33. The topological polar surface area (TPSA) is 67.4 Å². The van der Waals surface area contributed by atoms with Crippen LogP contribution < -0.4 is 15.4 Å². The smallest absolute Gasteiger partial charge is 0.262 e. The van der Waals surface area contributed by atoms with E-state index in [1.807, 2.05) is 31.2 Å². The highest BCUT2D eigenvalue weighted by Crippen LogP contribution is 2.20. The first-order chi connectivity index (χ1) is 12.6. The molecular weight excluding hydrogens is 328 g/mol. The third-order valence-electron chi connectivity index (χ3n) is 4.53. The Hall–Kier alpha value is -2.82.